The third-order valence-electron chi connectivity index (χ3n) is 5.48. The van der Waals surface area contributed by atoms with Crippen LogP contribution < -0.4 is 20.3 Å². The van der Waals surface area contributed by atoms with E-state index in [-0.39, 0.29) is 17.9 Å². The van der Waals surface area contributed by atoms with Crippen LogP contribution in [0.2, 0.25) is 0 Å². The quantitative estimate of drug-likeness (QED) is 0.319. The van der Waals surface area contributed by atoms with Crippen molar-refractivity contribution in [3.05, 3.63) is 100 Å². The van der Waals surface area contributed by atoms with Crippen LogP contribution in [-0.4, -0.2) is 28.7 Å². The van der Waals surface area contributed by atoms with Crippen LogP contribution in [0.15, 0.2) is 77.6 Å². The number of H-pyrrole nitrogens is 1. The molecule has 4 aromatic rings. The molecule has 35 heavy (non-hydrogen) atoms. The Hall–Kier alpha value is -3.91. The van der Waals surface area contributed by atoms with Crippen molar-refractivity contribution in [3.8, 4) is 11.5 Å². The molecule has 0 bridgehead atoms. The highest BCUT2D eigenvalue weighted by Gasteiger charge is 2.15. The molecular weight excluding hydrogens is 465 g/mol. The minimum Gasteiger partial charge on any atom is -0.497 e. The second-order valence-electron chi connectivity index (χ2n) is 7.95. The molecule has 0 saturated carbocycles. The number of aromatic amines is 1. The number of hydrogen-bond donors (Lipinski definition) is 2. The Bertz CT molecular complexity index is 1370. The molecule has 4 rings (SSSR count). The average Bonchev–Trinajstić information content (AvgIpc) is 2.86. The summed E-state index contributed by atoms with van der Waals surface area (Å²) < 4.78 is 24.2. The third-order valence-corrected chi connectivity index (χ3v) is 5.84. The van der Waals surface area contributed by atoms with E-state index in [4.69, 9.17) is 21.7 Å². The van der Waals surface area contributed by atoms with Gasteiger partial charge in [-0.3, -0.25) is 4.79 Å². The van der Waals surface area contributed by atoms with Gasteiger partial charge in [-0.25, -0.2) is 4.39 Å². The van der Waals surface area contributed by atoms with Crippen LogP contribution in [0.1, 0.15) is 18.1 Å². The lowest BCUT2D eigenvalue weighted by Crippen LogP contribution is -2.35. The number of hydrogen-bond acceptors (Lipinski definition) is 4. The number of rotatable bonds is 8. The van der Waals surface area contributed by atoms with E-state index in [0.717, 1.165) is 28.0 Å². The predicted octanol–water partition coefficient (Wildman–Crippen LogP) is 5.47. The molecule has 0 atom stereocenters. The van der Waals surface area contributed by atoms with Crippen molar-refractivity contribution in [1.29, 1.82) is 0 Å². The van der Waals surface area contributed by atoms with Crippen LogP contribution in [0, 0.1) is 5.82 Å². The summed E-state index contributed by atoms with van der Waals surface area (Å²) in [6.07, 6.45) is 0. The molecule has 0 spiro atoms. The summed E-state index contributed by atoms with van der Waals surface area (Å²) in [5, 5.41) is 4.43. The van der Waals surface area contributed by atoms with Gasteiger partial charge in [-0.15, -0.1) is 0 Å². The largest absolute Gasteiger partial charge is 0.497 e. The number of halogens is 1. The van der Waals surface area contributed by atoms with Crippen LogP contribution >= 0.6 is 12.2 Å². The zero-order valence-electron chi connectivity index (χ0n) is 19.5. The van der Waals surface area contributed by atoms with Crippen molar-refractivity contribution in [1.82, 2.24) is 9.88 Å². The van der Waals surface area contributed by atoms with Crippen molar-refractivity contribution >= 4 is 33.9 Å². The van der Waals surface area contributed by atoms with Crippen LogP contribution in [0.25, 0.3) is 10.9 Å². The third kappa shape index (κ3) is 6.16. The number of nitrogens with one attached hydrogen (secondary N) is 2. The molecule has 180 valence electrons. The molecule has 0 aliphatic carbocycles. The van der Waals surface area contributed by atoms with Gasteiger partial charge in [0.25, 0.3) is 5.56 Å². The molecule has 0 aliphatic heterocycles. The first-order chi connectivity index (χ1) is 16.9. The summed E-state index contributed by atoms with van der Waals surface area (Å²) in [7, 11) is 1.62. The Balaban J connectivity index is 1.64. The fraction of sp³-hybridized carbons (Fsp3) is 0.185. The molecule has 0 saturated heterocycles. The van der Waals surface area contributed by atoms with Gasteiger partial charge in [-0.2, -0.15) is 0 Å². The van der Waals surface area contributed by atoms with Gasteiger partial charge in [0.05, 0.1) is 20.3 Å². The minimum atomic E-state index is -0.328. The zero-order valence-corrected chi connectivity index (χ0v) is 20.3. The van der Waals surface area contributed by atoms with E-state index in [2.05, 4.69) is 10.3 Å². The van der Waals surface area contributed by atoms with Crippen molar-refractivity contribution in [3.63, 3.8) is 0 Å². The van der Waals surface area contributed by atoms with Gasteiger partial charge in [0.15, 0.2) is 5.11 Å². The van der Waals surface area contributed by atoms with E-state index in [9.17, 15) is 9.18 Å². The van der Waals surface area contributed by atoms with E-state index in [1.165, 1.54) is 12.1 Å². The number of ether oxygens (including phenoxy) is 2. The molecule has 6 nitrogen and oxygen atoms in total. The summed E-state index contributed by atoms with van der Waals surface area (Å²) in [5.41, 5.74) is 2.75. The molecule has 1 aromatic heterocycles. The molecule has 2 N–H and O–H groups in total. The SMILES string of the molecule is CCOc1ccc2[nH]c(=O)c(CN(Cc3ccc(OC)cc3)C(=S)Nc3ccc(F)cc3)cc2c1. The van der Waals surface area contributed by atoms with Crippen molar-refractivity contribution in [2.75, 3.05) is 19.0 Å². The number of benzene rings is 3. The van der Waals surface area contributed by atoms with Gasteiger partial charge in [0.2, 0.25) is 0 Å². The minimum absolute atomic E-state index is 0.189. The first-order valence-electron chi connectivity index (χ1n) is 11.2. The molecular formula is C27H26FN3O3S. The lowest BCUT2D eigenvalue weighted by Gasteiger charge is -2.26. The van der Waals surface area contributed by atoms with Gasteiger partial charge in [0, 0.05) is 28.7 Å². The van der Waals surface area contributed by atoms with Gasteiger partial charge >= 0.3 is 0 Å². The Kier molecular flexibility index (Phi) is 7.62. The van der Waals surface area contributed by atoms with Crippen molar-refractivity contribution in [2.45, 2.75) is 20.0 Å². The monoisotopic (exact) mass is 491 g/mol. The lowest BCUT2D eigenvalue weighted by atomic mass is 10.1. The van der Waals surface area contributed by atoms with Crippen LogP contribution in [0.5, 0.6) is 11.5 Å². The van der Waals surface area contributed by atoms with Crippen molar-refractivity contribution < 1.29 is 13.9 Å². The molecule has 0 radical (unpaired) electrons. The van der Waals surface area contributed by atoms with Gasteiger partial charge in [-0.1, -0.05) is 12.1 Å². The van der Waals surface area contributed by atoms with E-state index in [1.54, 1.807) is 19.2 Å². The van der Waals surface area contributed by atoms with Crippen LogP contribution in [0.4, 0.5) is 10.1 Å². The summed E-state index contributed by atoms with van der Waals surface area (Å²) >= 11 is 5.70. The highest BCUT2D eigenvalue weighted by atomic mass is 32.1. The number of anilines is 1. The topological polar surface area (TPSA) is 66.6 Å². The number of fused-ring (bicyclic) bond motifs is 1. The number of aromatic nitrogens is 1. The Labute approximate surface area is 208 Å². The van der Waals surface area contributed by atoms with Gasteiger partial charge in [-0.05, 0) is 85.4 Å². The Morgan fingerprint density at radius 2 is 1.71 bits per heavy atom. The number of nitrogens with zero attached hydrogens (tertiary/aromatic N) is 1. The molecule has 1 heterocycles. The first kappa shape index (κ1) is 24.2. The number of pyridine rings is 1. The van der Waals surface area contributed by atoms with Crippen LogP contribution in [-0.2, 0) is 13.1 Å². The number of thiocarbonyl (C=S) groups is 1. The lowest BCUT2D eigenvalue weighted by molar-refractivity contribution is 0.340. The molecule has 0 fully saturated rings. The van der Waals surface area contributed by atoms with E-state index in [0.29, 0.717) is 29.5 Å². The fourth-order valence-electron chi connectivity index (χ4n) is 3.70. The highest BCUT2D eigenvalue weighted by Crippen LogP contribution is 2.21. The second kappa shape index (κ2) is 11.0. The molecule has 3 aromatic carbocycles. The second-order valence-corrected chi connectivity index (χ2v) is 8.33. The molecule has 0 aliphatic rings. The Morgan fingerprint density at radius 3 is 2.40 bits per heavy atom. The smallest absolute Gasteiger partial charge is 0.253 e. The molecule has 8 heteroatoms. The zero-order chi connectivity index (χ0) is 24.8. The summed E-state index contributed by atoms with van der Waals surface area (Å²) in [6.45, 7) is 3.20. The summed E-state index contributed by atoms with van der Waals surface area (Å²) in [6, 6.07) is 21.0. The van der Waals surface area contributed by atoms with Crippen molar-refractivity contribution in [2.24, 2.45) is 0 Å². The maximum absolute atomic E-state index is 13.3. The van der Waals surface area contributed by atoms with Gasteiger partial charge in [0.1, 0.15) is 17.3 Å². The van der Waals surface area contributed by atoms with E-state index in [1.807, 2.05) is 60.4 Å². The summed E-state index contributed by atoms with van der Waals surface area (Å²) in [4.78, 5) is 17.7. The van der Waals surface area contributed by atoms with Gasteiger partial charge < -0.3 is 24.7 Å². The summed E-state index contributed by atoms with van der Waals surface area (Å²) in [5.74, 6) is 1.16. The normalized spacial score (nSPS) is 10.7. The molecule has 0 amide bonds. The maximum atomic E-state index is 13.3. The predicted molar refractivity (Wildman–Crippen MR) is 141 cm³/mol. The average molecular weight is 492 g/mol. The van der Waals surface area contributed by atoms with Crippen LogP contribution in [0.3, 0.4) is 0 Å². The number of methoxy groups -OCH3 is 1. The highest BCUT2D eigenvalue weighted by molar-refractivity contribution is 7.80. The van der Waals surface area contributed by atoms with E-state index < -0.39 is 0 Å². The molecule has 0 unspecified atom stereocenters. The standard InChI is InChI=1S/C27H26FN3O3S/c1-3-34-24-12-13-25-19(15-24)14-20(26(32)30-25)17-31(16-18-4-10-23(33-2)11-5-18)27(35)29-22-8-6-21(28)7-9-22/h4-15H,3,16-17H2,1-2H3,(H,29,35)(H,30,32). The first-order valence-corrected chi connectivity index (χ1v) is 11.6. The van der Waals surface area contributed by atoms with E-state index >= 15 is 0 Å². The maximum Gasteiger partial charge on any atom is 0.253 e. The Morgan fingerprint density at radius 1 is 1.00 bits per heavy atom. The fourth-order valence-corrected chi connectivity index (χ4v) is 3.94.